The highest BCUT2D eigenvalue weighted by molar-refractivity contribution is 6.31. The van der Waals surface area contributed by atoms with Gasteiger partial charge in [-0.2, -0.15) is 0 Å². The van der Waals surface area contributed by atoms with Gasteiger partial charge in [-0.15, -0.1) is 0 Å². The van der Waals surface area contributed by atoms with E-state index >= 15 is 0 Å². The average molecular weight is 303 g/mol. The van der Waals surface area contributed by atoms with Gasteiger partial charge in [0.1, 0.15) is 0 Å². The molecule has 2 aromatic carbocycles. The highest BCUT2D eigenvalue weighted by Gasteiger charge is 2.08. The summed E-state index contributed by atoms with van der Waals surface area (Å²) in [7, 11) is 1.63. The van der Waals surface area contributed by atoms with Crippen LogP contribution in [0.25, 0.3) is 0 Å². The highest BCUT2D eigenvalue weighted by atomic mass is 35.5. The molecule has 0 fully saturated rings. The van der Waals surface area contributed by atoms with Crippen molar-refractivity contribution in [1.29, 1.82) is 0 Å². The molecule has 1 amide bonds. The summed E-state index contributed by atoms with van der Waals surface area (Å²) in [6.45, 7) is 2.81. The highest BCUT2D eigenvalue weighted by Crippen LogP contribution is 2.22. The Balaban J connectivity index is 1.97. The van der Waals surface area contributed by atoms with Crippen LogP contribution in [0.3, 0.4) is 0 Å². The molecule has 2 aromatic rings. The van der Waals surface area contributed by atoms with Crippen LogP contribution in [0.2, 0.25) is 5.02 Å². The van der Waals surface area contributed by atoms with E-state index < -0.39 is 0 Å². The van der Waals surface area contributed by atoms with E-state index in [2.05, 4.69) is 17.6 Å². The van der Waals surface area contributed by atoms with Gasteiger partial charge < -0.3 is 10.6 Å². The second-order valence-electron chi connectivity index (χ2n) is 4.90. The molecule has 2 N–H and O–H groups in total. The van der Waals surface area contributed by atoms with Crippen LogP contribution >= 0.6 is 11.6 Å². The number of benzene rings is 2. The summed E-state index contributed by atoms with van der Waals surface area (Å²) in [6, 6.07) is 15.6. The van der Waals surface area contributed by atoms with E-state index in [0.717, 1.165) is 22.7 Å². The molecule has 0 radical (unpaired) electrons. The van der Waals surface area contributed by atoms with Gasteiger partial charge in [-0.25, -0.2) is 0 Å². The zero-order valence-electron chi connectivity index (χ0n) is 12.2. The average Bonchev–Trinajstić information content (AvgIpc) is 2.52. The number of carbonyl (C=O) groups excluding carboxylic acids is 1. The number of amides is 1. The fourth-order valence-electron chi connectivity index (χ4n) is 2.13. The summed E-state index contributed by atoms with van der Waals surface area (Å²) in [5.41, 5.74) is 2.88. The van der Waals surface area contributed by atoms with Crippen molar-refractivity contribution in [3.05, 3.63) is 70.2 Å². The maximum absolute atomic E-state index is 11.5. The number of nitrogens with one attached hydrogen (secondary N) is 2. The Morgan fingerprint density at radius 3 is 2.43 bits per heavy atom. The van der Waals surface area contributed by atoms with Gasteiger partial charge in [-0.1, -0.05) is 41.9 Å². The van der Waals surface area contributed by atoms with Gasteiger partial charge in [0.25, 0.3) is 5.91 Å². The van der Waals surface area contributed by atoms with Crippen molar-refractivity contribution in [3.8, 4) is 0 Å². The van der Waals surface area contributed by atoms with Crippen LogP contribution in [0.1, 0.15) is 34.5 Å². The monoisotopic (exact) mass is 302 g/mol. The van der Waals surface area contributed by atoms with Crippen LogP contribution < -0.4 is 10.6 Å². The lowest BCUT2D eigenvalue weighted by molar-refractivity contribution is 0.0963. The minimum absolute atomic E-state index is 0.0704. The second kappa shape index (κ2) is 7.25. The van der Waals surface area contributed by atoms with Crippen molar-refractivity contribution in [1.82, 2.24) is 10.6 Å². The van der Waals surface area contributed by atoms with Crippen LogP contribution in [0.4, 0.5) is 0 Å². The molecule has 2 rings (SSSR count). The first-order valence-electron chi connectivity index (χ1n) is 6.90. The predicted octanol–water partition coefficient (Wildman–Crippen LogP) is 3.55. The molecule has 0 spiro atoms. The molecule has 4 heteroatoms. The van der Waals surface area contributed by atoms with Gasteiger partial charge in [0.15, 0.2) is 0 Å². The maximum atomic E-state index is 11.5. The van der Waals surface area contributed by atoms with E-state index in [1.165, 1.54) is 0 Å². The standard InChI is InChI=1S/C17H19ClN2O/c1-12(15-5-3-4-6-16(15)18)20-11-13-7-9-14(10-8-13)17(21)19-2/h3-10,12,20H,11H2,1-2H3,(H,19,21). The Morgan fingerprint density at radius 1 is 1.14 bits per heavy atom. The van der Waals surface area contributed by atoms with Gasteiger partial charge in [0.2, 0.25) is 0 Å². The van der Waals surface area contributed by atoms with E-state index in [4.69, 9.17) is 11.6 Å². The quantitative estimate of drug-likeness (QED) is 0.887. The molecule has 0 saturated carbocycles. The van der Waals surface area contributed by atoms with Crippen LogP contribution in [0.5, 0.6) is 0 Å². The third kappa shape index (κ3) is 4.06. The van der Waals surface area contributed by atoms with E-state index in [1.54, 1.807) is 7.05 Å². The molecular weight excluding hydrogens is 284 g/mol. The Kier molecular flexibility index (Phi) is 5.37. The lowest BCUT2D eigenvalue weighted by Gasteiger charge is -2.15. The van der Waals surface area contributed by atoms with Crippen molar-refractivity contribution in [2.24, 2.45) is 0 Å². The van der Waals surface area contributed by atoms with Crippen molar-refractivity contribution < 1.29 is 4.79 Å². The number of rotatable bonds is 5. The lowest BCUT2D eigenvalue weighted by atomic mass is 10.1. The molecule has 0 aliphatic rings. The van der Waals surface area contributed by atoms with Crippen molar-refractivity contribution in [2.45, 2.75) is 19.5 Å². The maximum Gasteiger partial charge on any atom is 0.251 e. The summed E-state index contributed by atoms with van der Waals surface area (Å²) in [5, 5.41) is 6.81. The fraction of sp³-hybridized carbons (Fsp3) is 0.235. The van der Waals surface area contributed by atoms with Crippen LogP contribution in [-0.4, -0.2) is 13.0 Å². The fourth-order valence-corrected chi connectivity index (χ4v) is 2.42. The first-order chi connectivity index (χ1) is 10.1. The van der Waals surface area contributed by atoms with Crippen molar-refractivity contribution >= 4 is 17.5 Å². The SMILES string of the molecule is CNC(=O)c1ccc(CNC(C)c2ccccc2Cl)cc1. The molecule has 3 nitrogen and oxygen atoms in total. The number of hydrogen-bond donors (Lipinski definition) is 2. The van der Waals surface area contributed by atoms with Crippen molar-refractivity contribution in [3.63, 3.8) is 0 Å². The molecule has 0 aromatic heterocycles. The number of carbonyl (C=O) groups is 1. The Morgan fingerprint density at radius 2 is 1.81 bits per heavy atom. The molecule has 0 aliphatic carbocycles. The first-order valence-corrected chi connectivity index (χ1v) is 7.28. The van der Waals surface area contributed by atoms with Gasteiger partial charge in [0.05, 0.1) is 0 Å². The van der Waals surface area contributed by atoms with Gasteiger partial charge >= 0.3 is 0 Å². The smallest absolute Gasteiger partial charge is 0.251 e. The number of halogens is 1. The third-order valence-electron chi connectivity index (χ3n) is 3.43. The molecule has 0 heterocycles. The Labute approximate surface area is 130 Å². The predicted molar refractivity (Wildman–Crippen MR) is 86.5 cm³/mol. The first kappa shape index (κ1) is 15.5. The normalized spacial score (nSPS) is 12.0. The Hall–Kier alpha value is -1.84. The van der Waals surface area contributed by atoms with Gasteiger partial charge in [-0.05, 0) is 36.2 Å². The van der Waals surface area contributed by atoms with Crippen molar-refractivity contribution in [2.75, 3.05) is 7.05 Å². The summed E-state index contributed by atoms with van der Waals surface area (Å²) in [6.07, 6.45) is 0. The molecule has 1 unspecified atom stereocenters. The minimum atomic E-state index is -0.0704. The summed E-state index contributed by atoms with van der Waals surface area (Å²) >= 11 is 6.19. The van der Waals surface area contributed by atoms with Gasteiger partial charge in [-0.3, -0.25) is 4.79 Å². The van der Waals surface area contributed by atoms with Gasteiger partial charge in [0, 0.05) is 30.2 Å². The van der Waals surface area contributed by atoms with E-state index in [0.29, 0.717) is 5.56 Å². The lowest BCUT2D eigenvalue weighted by Crippen LogP contribution is -2.19. The van der Waals surface area contributed by atoms with Crippen LogP contribution in [0.15, 0.2) is 48.5 Å². The summed E-state index contributed by atoms with van der Waals surface area (Å²) in [4.78, 5) is 11.5. The number of hydrogen-bond acceptors (Lipinski definition) is 2. The third-order valence-corrected chi connectivity index (χ3v) is 3.77. The molecule has 0 saturated heterocycles. The van der Waals surface area contributed by atoms with Crippen LogP contribution in [-0.2, 0) is 6.54 Å². The second-order valence-corrected chi connectivity index (χ2v) is 5.31. The molecular formula is C17H19ClN2O. The van der Waals surface area contributed by atoms with E-state index in [9.17, 15) is 4.79 Å². The topological polar surface area (TPSA) is 41.1 Å². The summed E-state index contributed by atoms with van der Waals surface area (Å²) < 4.78 is 0. The molecule has 110 valence electrons. The molecule has 1 atom stereocenters. The zero-order chi connectivity index (χ0) is 15.2. The van der Waals surface area contributed by atoms with Crippen LogP contribution in [0, 0.1) is 0 Å². The molecule has 21 heavy (non-hydrogen) atoms. The molecule has 0 bridgehead atoms. The minimum Gasteiger partial charge on any atom is -0.355 e. The summed E-state index contributed by atoms with van der Waals surface area (Å²) in [5.74, 6) is -0.0704. The van der Waals surface area contributed by atoms with E-state index in [1.807, 2.05) is 48.5 Å². The molecule has 0 aliphatic heterocycles. The Bertz CT molecular complexity index is 610. The zero-order valence-corrected chi connectivity index (χ0v) is 12.9. The largest absolute Gasteiger partial charge is 0.355 e. The van der Waals surface area contributed by atoms with E-state index in [-0.39, 0.29) is 11.9 Å².